The number of amides is 2. The summed E-state index contributed by atoms with van der Waals surface area (Å²) in [5.74, 6) is 0.590. The smallest absolute Gasteiger partial charge is 0.241 e. The predicted molar refractivity (Wildman–Crippen MR) is 92.2 cm³/mol. The van der Waals surface area contributed by atoms with Gasteiger partial charge in [-0.3, -0.25) is 14.5 Å². The number of thiocarbonyl (C=S) groups is 1. The highest BCUT2D eigenvalue weighted by Crippen LogP contribution is 2.26. The molecule has 22 heavy (non-hydrogen) atoms. The lowest BCUT2D eigenvalue weighted by Crippen LogP contribution is -2.33. The Bertz CT molecular complexity index is 575. The van der Waals surface area contributed by atoms with Crippen molar-refractivity contribution < 1.29 is 14.3 Å². The molecule has 0 bridgehead atoms. The Hall–Kier alpha value is -1.60. The number of nitrogens with one attached hydrogen (secondary N) is 1. The molecular formula is C15H18N2O3S2. The third-order valence-electron chi connectivity index (χ3n) is 3.12. The lowest BCUT2D eigenvalue weighted by atomic mass is 10.3. The van der Waals surface area contributed by atoms with Gasteiger partial charge in [0.1, 0.15) is 10.1 Å². The fraction of sp³-hybridized carbons (Fsp3) is 0.400. The number of ether oxygens (including phenoxy) is 1. The molecule has 2 rings (SSSR count). The maximum atomic E-state index is 11.9. The zero-order chi connectivity index (χ0) is 16.1. The van der Waals surface area contributed by atoms with Crippen LogP contribution in [0.5, 0.6) is 5.75 Å². The molecule has 1 aromatic carbocycles. The maximum Gasteiger partial charge on any atom is 0.241 e. The highest BCUT2D eigenvalue weighted by atomic mass is 32.2. The van der Waals surface area contributed by atoms with Gasteiger partial charge >= 0.3 is 0 Å². The average Bonchev–Trinajstić information content (AvgIpc) is 2.72. The van der Waals surface area contributed by atoms with Crippen molar-refractivity contribution in [3.8, 4) is 5.75 Å². The third kappa shape index (κ3) is 4.20. The molecule has 1 heterocycles. The zero-order valence-electron chi connectivity index (χ0n) is 12.5. The van der Waals surface area contributed by atoms with Crippen LogP contribution in [-0.2, 0) is 9.59 Å². The Balaban J connectivity index is 1.83. The summed E-state index contributed by atoms with van der Waals surface area (Å²) in [6.45, 7) is 4.65. The fourth-order valence-electron chi connectivity index (χ4n) is 2.01. The van der Waals surface area contributed by atoms with Crippen molar-refractivity contribution in [1.82, 2.24) is 4.90 Å². The van der Waals surface area contributed by atoms with Crippen molar-refractivity contribution in [2.24, 2.45) is 0 Å². The normalized spacial score (nSPS) is 17.7. The van der Waals surface area contributed by atoms with Crippen LogP contribution in [0.2, 0.25) is 0 Å². The van der Waals surface area contributed by atoms with E-state index in [0.717, 1.165) is 5.75 Å². The van der Waals surface area contributed by atoms with E-state index in [4.69, 9.17) is 17.0 Å². The summed E-state index contributed by atoms with van der Waals surface area (Å²) in [7, 11) is 0. The monoisotopic (exact) mass is 338 g/mol. The minimum atomic E-state index is -0.151. The molecule has 5 nitrogen and oxygen atoms in total. The largest absolute Gasteiger partial charge is 0.494 e. The highest BCUT2D eigenvalue weighted by Gasteiger charge is 2.33. The van der Waals surface area contributed by atoms with Gasteiger partial charge in [-0.2, -0.15) is 0 Å². The minimum absolute atomic E-state index is 0.0242. The second kappa shape index (κ2) is 7.60. The van der Waals surface area contributed by atoms with Crippen LogP contribution in [0, 0.1) is 0 Å². The van der Waals surface area contributed by atoms with Crippen LogP contribution in [-0.4, -0.2) is 39.4 Å². The number of nitrogens with zero attached hydrogens (tertiary/aromatic N) is 1. The fourth-order valence-corrected chi connectivity index (χ4v) is 3.47. The molecule has 1 unspecified atom stereocenters. The molecule has 1 N–H and O–H groups in total. The second-order valence-electron chi connectivity index (χ2n) is 4.77. The van der Waals surface area contributed by atoms with Crippen molar-refractivity contribution in [3.05, 3.63) is 24.3 Å². The molecule has 2 amide bonds. The number of rotatable bonds is 6. The summed E-state index contributed by atoms with van der Waals surface area (Å²) in [4.78, 5) is 25.3. The van der Waals surface area contributed by atoms with Crippen LogP contribution >= 0.6 is 24.0 Å². The van der Waals surface area contributed by atoms with Crippen LogP contribution in [0.15, 0.2) is 24.3 Å². The molecule has 1 aliphatic rings. The molecule has 0 aromatic heterocycles. The first kappa shape index (κ1) is 16.8. The van der Waals surface area contributed by atoms with Crippen molar-refractivity contribution in [2.75, 3.05) is 18.5 Å². The Morgan fingerprint density at radius 1 is 1.41 bits per heavy atom. The van der Waals surface area contributed by atoms with E-state index in [0.29, 0.717) is 23.2 Å². The van der Waals surface area contributed by atoms with Gasteiger partial charge in [0.25, 0.3) is 0 Å². The maximum absolute atomic E-state index is 11.9. The quantitative estimate of drug-likeness (QED) is 0.808. The van der Waals surface area contributed by atoms with Gasteiger partial charge < -0.3 is 10.1 Å². The molecule has 0 saturated carbocycles. The molecule has 1 fully saturated rings. The molecule has 118 valence electrons. The van der Waals surface area contributed by atoms with Gasteiger partial charge in [-0.25, -0.2) is 0 Å². The number of carbonyl (C=O) groups is 2. The number of benzene rings is 1. The second-order valence-corrected chi connectivity index (χ2v) is 6.75. The number of carbonyl (C=O) groups excluding carboxylic acids is 2. The molecule has 0 radical (unpaired) electrons. The van der Waals surface area contributed by atoms with E-state index in [-0.39, 0.29) is 23.5 Å². The number of hydrogen-bond donors (Lipinski definition) is 1. The number of anilines is 1. The minimum Gasteiger partial charge on any atom is -0.494 e. The molecule has 0 aliphatic carbocycles. The van der Waals surface area contributed by atoms with Crippen LogP contribution in [0.4, 0.5) is 5.69 Å². The van der Waals surface area contributed by atoms with Gasteiger partial charge in [-0.1, -0.05) is 24.0 Å². The Morgan fingerprint density at radius 3 is 2.64 bits per heavy atom. The standard InChI is InChI=1S/C15H18N2O3S2/c1-3-20-12-6-4-11(5-7-12)16-13(18)8-9-17-14(19)10(2)22-15(17)21/h4-7,10H,3,8-9H2,1-2H3,(H,16,18). The molecule has 7 heteroatoms. The highest BCUT2D eigenvalue weighted by molar-refractivity contribution is 8.24. The van der Waals surface area contributed by atoms with Gasteiger partial charge in [-0.15, -0.1) is 0 Å². The summed E-state index contributed by atoms with van der Waals surface area (Å²) in [5, 5.41) is 2.64. The van der Waals surface area contributed by atoms with E-state index in [9.17, 15) is 9.59 Å². The lowest BCUT2D eigenvalue weighted by Gasteiger charge is -2.15. The summed E-state index contributed by atoms with van der Waals surface area (Å²) in [6, 6.07) is 7.17. The summed E-state index contributed by atoms with van der Waals surface area (Å²) in [5.41, 5.74) is 0.700. The van der Waals surface area contributed by atoms with Crippen LogP contribution < -0.4 is 10.1 Å². The average molecular weight is 338 g/mol. The summed E-state index contributed by atoms with van der Waals surface area (Å²) >= 11 is 6.50. The van der Waals surface area contributed by atoms with Gasteiger partial charge in [0.2, 0.25) is 11.8 Å². The molecule has 1 aliphatic heterocycles. The van der Waals surface area contributed by atoms with E-state index in [1.807, 2.05) is 13.8 Å². The number of hydrogen-bond acceptors (Lipinski definition) is 5. The Morgan fingerprint density at radius 2 is 2.09 bits per heavy atom. The number of thioether (sulfide) groups is 1. The summed E-state index contributed by atoms with van der Waals surface area (Å²) < 4.78 is 5.89. The van der Waals surface area contributed by atoms with Gasteiger partial charge in [0.05, 0.1) is 11.9 Å². The van der Waals surface area contributed by atoms with Crippen LogP contribution in [0.25, 0.3) is 0 Å². The third-order valence-corrected chi connectivity index (χ3v) is 4.61. The van der Waals surface area contributed by atoms with E-state index >= 15 is 0 Å². The molecule has 0 spiro atoms. The van der Waals surface area contributed by atoms with Gasteiger partial charge in [0.15, 0.2) is 0 Å². The Kier molecular flexibility index (Phi) is 5.79. The van der Waals surface area contributed by atoms with Gasteiger partial charge in [0, 0.05) is 18.7 Å². The SMILES string of the molecule is CCOc1ccc(NC(=O)CCN2C(=O)C(C)SC2=S)cc1. The van der Waals surface area contributed by atoms with E-state index in [1.54, 1.807) is 24.3 Å². The van der Waals surface area contributed by atoms with E-state index in [1.165, 1.54) is 16.7 Å². The molecule has 1 atom stereocenters. The molecule has 1 aromatic rings. The first-order valence-corrected chi connectivity index (χ1v) is 8.34. The molecule has 1 saturated heterocycles. The zero-order valence-corrected chi connectivity index (χ0v) is 14.1. The molecular weight excluding hydrogens is 320 g/mol. The van der Waals surface area contributed by atoms with E-state index in [2.05, 4.69) is 5.32 Å². The lowest BCUT2D eigenvalue weighted by molar-refractivity contribution is -0.126. The first-order chi connectivity index (χ1) is 10.5. The Labute approximate surface area is 139 Å². The first-order valence-electron chi connectivity index (χ1n) is 7.06. The van der Waals surface area contributed by atoms with Crippen molar-refractivity contribution >= 4 is 45.8 Å². The van der Waals surface area contributed by atoms with Crippen LogP contribution in [0.3, 0.4) is 0 Å². The topological polar surface area (TPSA) is 58.6 Å². The van der Waals surface area contributed by atoms with Crippen molar-refractivity contribution in [2.45, 2.75) is 25.5 Å². The van der Waals surface area contributed by atoms with E-state index < -0.39 is 0 Å². The summed E-state index contributed by atoms with van der Waals surface area (Å²) in [6.07, 6.45) is 0.215. The van der Waals surface area contributed by atoms with Crippen molar-refractivity contribution in [3.63, 3.8) is 0 Å². The van der Waals surface area contributed by atoms with Gasteiger partial charge in [-0.05, 0) is 38.1 Å². The predicted octanol–water partition coefficient (Wildman–Crippen LogP) is 2.66. The van der Waals surface area contributed by atoms with Crippen LogP contribution in [0.1, 0.15) is 20.3 Å². The van der Waals surface area contributed by atoms with Crippen molar-refractivity contribution in [1.29, 1.82) is 0 Å².